The molecule has 1 N–H and O–H groups in total. The molecule has 0 aliphatic heterocycles. The number of carboxylic acids is 1. The van der Waals surface area contributed by atoms with Gasteiger partial charge in [-0.2, -0.15) is 5.10 Å². The number of rotatable bonds is 6. The predicted octanol–water partition coefficient (Wildman–Crippen LogP) is 2.66. The van der Waals surface area contributed by atoms with Gasteiger partial charge < -0.3 is 9.84 Å². The molecule has 1 amide bonds. The van der Waals surface area contributed by atoms with E-state index in [1.807, 2.05) is 30.3 Å². The molecule has 1 saturated carbocycles. The van der Waals surface area contributed by atoms with Crippen LogP contribution >= 0.6 is 0 Å². The summed E-state index contributed by atoms with van der Waals surface area (Å²) in [5.74, 6) is -1.08. The first-order chi connectivity index (χ1) is 12.0. The number of carbonyl (C=O) groups is 2. The molecule has 2 aromatic rings. The molecule has 0 saturated heterocycles. The normalized spacial score (nSPS) is 14.8. The summed E-state index contributed by atoms with van der Waals surface area (Å²) in [4.78, 5) is 25.9. The maximum Gasteiger partial charge on any atom is 0.411 e. The number of nitrogens with zero attached hydrogens (tertiary/aromatic N) is 3. The smallest absolute Gasteiger partial charge is 0.411 e. The van der Waals surface area contributed by atoms with Crippen LogP contribution in [0, 0.1) is 6.92 Å². The van der Waals surface area contributed by atoms with Crippen molar-refractivity contribution < 1.29 is 19.4 Å². The van der Waals surface area contributed by atoms with Crippen molar-refractivity contribution in [3.05, 3.63) is 53.3 Å². The lowest BCUT2D eigenvalue weighted by molar-refractivity contribution is -0.143. The fraction of sp³-hybridized carbons (Fsp3) is 0.389. The molecule has 1 atom stereocenters. The summed E-state index contributed by atoms with van der Waals surface area (Å²) < 4.78 is 6.99. The number of aromatic nitrogens is 2. The zero-order valence-electron chi connectivity index (χ0n) is 14.3. The summed E-state index contributed by atoms with van der Waals surface area (Å²) in [6.07, 6.45) is 2.46. The van der Waals surface area contributed by atoms with E-state index in [4.69, 9.17) is 4.74 Å². The minimum atomic E-state index is -1.09. The van der Waals surface area contributed by atoms with E-state index in [-0.39, 0.29) is 12.6 Å². The molecular weight excluding hydrogens is 322 g/mol. The van der Waals surface area contributed by atoms with Crippen LogP contribution in [0.25, 0.3) is 0 Å². The first kappa shape index (κ1) is 17.0. The number of carboxylic acid groups (broad SMARTS) is 1. The van der Waals surface area contributed by atoms with Gasteiger partial charge in [-0.3, -0.25) is 9.58 Å². The SMILES string of the molecule is Cc1c(C(C(=O)O)N(C(=O)OCc2ccccc2)C2CC2)cnn1C. The van der Waals surface area contributed by atoms with E-state index in [2.05, 4.69) is 5.10 Å². The van der Waals surface area contributed by atoms with Crippen molar-refractivity contribution in [2.75, 3.05) is 0 Å². The maximum atomic E-state index is 12.6. The zero-order valence-corrected chi connectivity index (χ0v) is 14.3. The Bertz CT molecular complexity index is 768. The lowest BCUT2D eigenvalue weighted by atomic mass is 10.1. The lowest BCUT2D eigenvalue weighted by Crippen LogP contribution is -2.41. The van der Waals surface area contributed by atoms with Gasteiger partial charge in [-0.25, -0.2) is 9.59 Å². The first-order valence-corrected chi connectivity index (χ1v) is 8.19. The molecule has 3 rings (SSSR count). The monoisotopic (exact) mass is 343 g/mol. The van der Waals surface area contributed by atoms with Crippen LogP contribution in [0.5, 0.6) is 0 Å². The van der Waals surface area contributed by atoms with Gasteiger partial charge in [-0.1, -0.05) is 30.3 Å². The van der Waals surface area contributed by atoms with Crippen LogP contribution in [0.4, 0.5) is 4.79 Å². The van der Waals surface area contributed by atoms with E-state index < -0.39 is 18.1 Å². The summed E-state index contributed by atoms with van der Waals surface area (Å²) in [6.45, 7) is 1.90. The third kappa shape index (κ3) is 3.65. The number of hydrogen-bond donors (Lipinski definition) is 1. The van der Waals surface area contributed by atoms with Crippen molar-refractivity contribution in [3.8, 4) is 0 Å². The molecule has 1 heterocycles. The number of benzene rings is 1. The van der Waals surface area contributed by atoms with Gasteiger partial charge in [0.05, 0.1) is 6.20 Å². The van der Waals surface area contributed by atoms with Crippen molar-refractivity contribution in [3.63, 3.8) is 0 Å². The lowest BCUT2D eigenvalue weighted by Gasteiger charge is -2.28. The average Bonchev–Trinajstić information content (AvgIpc) is 3.38. The fourth-order valence-electron chi connectivity index (χ4n) is 2.80. The fourth-order valence-corrected chi connectivity index (χ4v) is 2.80. The highest BCUT2D eigenvalue weighted by Crippen LogP contribution is 2.36. The Morgan fingerprint density at radius 1 is 1.36 bits per heavy atom. The van der Waals surface area contributed by atoms with Crippen LogP contribution in [-0.2, 0) is 23.2 Å². The van der Waals surface area contributed by atoms with Crippen LogP contribution in [0.15, 0.2) is 36.5 Å². The summed E-state index contributed by atoms with van der Waals surface area (Å²) >= 11 is 0. The molecule has 1 aromatic carbocycles. The molecule has 132 valence electrons. The largest absolute Gasteiger partial charge is 0.479 e. The molecule has 0 bridgehead atoms. The number of carbonyl (C=O) groups excluding carboxylic acids is 1. The predicted molar refractivity (Wildman–Crippen MR) is 89.8 cm³/mol. The van der Waals surface area contributed by atoms with Crippen LogP contribution in [0.1, 0.15) is 35.7 Å². The van der Waals surface area contributed by atoms with Crippen molar-refractivity contribution >= 4 is 12.1 Å². The van der Waals surface area contributed by atoms with Crippen LogP contribution in [0.2, 0.25) is 0 Å². The number of aliphatic carboxylic acids is 1. The van der Waals surface area contributed by atoms with Gasteiger partial charge >= 0.3 is 12.1 Å². The van der Waals surface area contributed by atoms with E-state index in [9.17, 15) is 14.7 Å². The minimum absolute atomic E-state index is 0.107. The third-order valence-electron chi connectivity index (χ3n) is 4.44. The molecule has 1 unspecified atom stereocenters. The summed E-state index contributed by atoms with van der Waals surface area (Å²) in [7, 11) is 1.74. The van der Waals surface area contributed by atoms with Crippen LogP contribution in [0.3, 0.4) is 0 Å². The highest BCUT2D eigenvalue weighted by atomic mass is 16.6. The van der Waals surface area contributed by atoms with Crippen LogP contribution < -0.4 is 0 Å². The van der Waals surface area contributed by atoms with Crippen molar-refractivity contribution in [2.24, 2.45) is 7.05 Å². The number of aryl methyl sites for hydroxylation is 1. The molecule has 1 aromatic heterocycles. The second-order valence-electron chi connectivity index (χ2n) is 6.23. The second kappa shape index (κ2) is 6.96. The first-order valence-electron chi connectivity index (χ1n) is 8.19. The van der Waals surface area contributed by atoms with E-state index in [0.29, 0.717) is 11.3 Å². The molecule has 25 heavy (non-hydrogen) atoms. The van der Waals surface area contributed by atoms with E-state index in [1.54, 1.807) is 18.7 Å². The summed E-state index contributed by atoms with van der Waals surface area (Å²) in [6, 6.07) is 8.12. The Hall–Kier alpha value is -2.83. The number of amides is 1. The number of hydrogen-bond acceptors (Lipinski definition) is 4. The Morgan fingerprint density at radius 2 is 2.04 bits per heavy atom. The van der Waals surface area contributed by atoms with Gasteiger partial charge in [0.2, 0.25) is 0 Å². The highest BCUT2D eigenvalue weighted by molar-refractivity contribution is 5.82. The van der Waals surface area contributed by atoms with Gasteiger partial charge in [-0.05, 0) is 25.3 Å². The van der Waals surface area contributed by atoms with Gasteiger partial charge in [0.15, 0.2) is 6.04 Å². The van der Waals surface area contributed by atoms with Crippen molar-refractivity contribution in [1.29, 1.82) is 0 Å². The third-order valence-corrected chi connectivity index (χ3v) is 4.44. The van der Waals surface area contributed by atoms with Crippen molar-refractivity contribution in [2.45, 2.75) is 38.5 Å². The highest BCUT2D eigenvalue weighted by Gasteiger charge is 2.43. The van der Waals surface area contributed by atoms with Crippen LogP contribution in [-0.4, -0.2) is 37.9 Å². The Labute approximate surface area is 145 Å². The summed E-state index contributed by atoms with van der Waals surface area (Å²) in [5, 5.41) is 13.9. The standard InChI is InChI=1S/C18H21N3O4/c1-12-15(10-19-20(12)2)16(17(22)23)21(14-8-9-14)18(24)25-11-13-6-4-3-5-7-13/h3-7,10,14,16H,8-9,11H2,1-2H3,(H,22,23). The van der Waals surface area contributed by atoms with Gasteiger partial charge in [-0.15, -0.1) is 0 Å². The average molecular weight is 343 g/mol. The van der Waals surface area contributed by atoms with Gasteiger partial charge in [0.25, 0.3) is 0 Å². The Morgan fingerprint density at radius 3 is 2.56 bits per heavy atom. The molecule has 1 aliphatic rings. The van der Waals surface area contributed by atoms with E-state index in [0.717, 1.165) is 18.4 Å². The number of ether oxygens (including phenoxy) is 1. The van der Waals surface area contributed by atoms with Gasteiger partial charge in [0.1, 0.15) is 6.61 Å². The molecule has 7 nitrogen and oxygen atoms in total. The molecular formula is C18H21N3O4. The van der Waals surface area contributed by atoms with Crippen molar-refractivity contribution in [1.82, 2.24) is 14.7 Å². The quantitative estimate of drug-likeness (QED) is 0.871. The Balaban J connectivity index is 1.82. The molecule has 0 spiro atoms. The van der Waals surface area contributed by atoms with Gasteiger partial charge in [0, 0.05) is 24.3 Å². The second-order valence-corrected chi connectivity index (χ2v) is 6.23. The van der Waals surface area contributed by atoms with E-state index in [1.165, 1.54) is 11.1 Å². The Kier molecular flexibility index (Phi) is 4.74. The zero-order chi connectivity index (χ0) is 18.0. The minimum Gasteiger partial charge on any atom is -0.479 e. The summed E-state index contributed by atoms with van der Waals surface area (Å²) in [5.41, 5.74) is 2.09. The topological polar surface area (TPSA) is 84.7 Å². The maximum absolute atomic E-state index is 12.6. The molecule has 1 aliphatic carbocycles. The molecule has 7 heteroatoms. The molecule has 0 radical (unpaired) electrons. The van der Waals surface area contributed by atoms with E-state index >= 15 is 0 Å². The molecule has 1 fully saturated rings.